The molecule has 2 rings (SSSR count). The minimum atomic E-state index is 0.176. The summed E-state index contributed by atoms with van der Waals surface area (Å²) in [5.74, 6) is 0. The Labute approximate surface area is 118 Å². The molecule has 0 radical (unpaired) electrons. The van der Waals surface area contributed by atoms with Crippen LogP contribution in [-0.4, -0.2) is 5.54 Å². The molecular weight excluding hydrogens is 232 g/mol. The molecular formula is C17H28N2. The van der Waals surface area contributed by atoms with Crippen LogP contribution in [0.4, 0.5) is 0 Å². The number of nitrogens with one attached hydrogen (secondary N) is 2. The summed E-state index contributed by atoms with van der Waals surface area (Å²) in [4.78, 5) is 0. The van der Waals surface area contributed by atoms with Gasteiger partial charge in [-0.15, -0.1) is 0 Å². The quantitative estimate of drug-likeness (QED) is 0.864. The highest BCUT2D eigenvalue weighted by atomic mass is 15.0. The largest absolute Gasteiger partial charge is 0.309 e. The Kier molecular flexibility index (Phi) is 4.03. The van der Waals surface area contributed by atoms with Crippen LogP contribution in [0.2, 0.25) is 0 Å². The van der Waals surface area contributed by atoms with Gasteiger partial charge in [-0.05, 0) is 42.4 Å². The Morgan fingerprint density at radius 3 is 2.42 bits per heavy atom. The summed E-state index contributed by atoms with van der Waals surface area (Å²) in [6.07, 6.45) is 1.17. The SMILES string of the molecule is CC(C)(C)CC(C)(C)NCc1ccc2c(c1)CNC2. The first-order chi connectivity index (χ1) is 8.75. The molecule has 1 aliphatic rings. The van der Waals surface area contributed by atoms with Crippen LogP contribution < -0.4 is 10.6 Å². The van der Waals surface area contributed by atoms with Crippen molar-refractivity contribution in [3.63, 3.8) is 0 Å². The first-order valence-electron chi connectivity index (χ1n) is 7.32. The smallest absolute Gasteiger partial charge is 0.0212 e. The van der Waals surface area contributed by atoms with E-state index in [0.717, 1.165) is 19.6 Å². The first-order valence-corrected chi connectivity index (χ1v) is 7.32. The van der Waals surface area contributed by atoms with Crippen molar-refractivity contribution >= 4 is 0 Å². The number of rotatable bonds is 4. The topological polar surface area (TPSA) is 24.1 Å². The van der Waals surface area contributed by atoms with Crippen LogP contribution >= 0.6 is 0 Å². The Bertz CT molecular complexity index is 441. The van der Waals surface area contributed by atoms with E-state index in [2.05, 4.69) is 63.5 Å². The van der Waals surface area contributed by atoms with Gasteiger partial charge in [-0.1, -0.05) is 39.0 Å². The molecule has 0 aliphatic carbocycles. The molecule has 1 heterocycles. The van der Waals surface area contributed by atoms with Crippen molar-refractivity contribution in [2.24, 2.45) is 5.41 Å². The van der Waals surface area contributed by atoms with E-state index in [9.17, 15) is 0 Å². The maximum absolute atomic E-state index is 3.70. The highest BCUT2D eigenvalue weighted by Gasteiger charge is 2.24. The minimum absolute atomic E-state index is 0.176. The number of hydrogen-bond acceptors (Lipinski definition) is 2. The molecule has 0 unspecified atom stereocenters. The predicted octanol–water partition coefficient (Wildman–Crippen LogP) is 3.59. The average Bonchev–Trinajstić information content (AvgIpc) is 2.70. The summed E-state index contributed by atoms with van der Waals surface area (Å²) >= 11 is 0. The highest BCUT2D eigenvalue weighted by Crippen LogP contribution is 2.27. The van der Waals surface area contributed by atoms with Gasteiger partial charge in [-0.2, -0.15) is 0 Å². The fourth-order valence-electron chi connectivity index (χ4n) is 3.19. The fourth-order valence-corrected chi connectivity index (χ4v) is 3.19. The van der Waals surface area contributed by atoms with Crippen molar-refractivity contribution in [2.45, 2.75) is 66.2 Å². The lowest BCUT2D eigenvalue weighted by Crippen LogP contribution is -2.41. The van der Waals surface area contributed by atoms with Gasteiger partial charge in [0.25, 0.3) is 0 Å². The van der Waals surface area contributed by atoms with Crippen molar-refractivity contribution < 1.29 is 0 Å². The third kappa shape index (κ3) is 4.32. The molecule has 1 aromatic carbocycles. The van der Waals surface area contributed by atoms with Gasteiger partial charge in [0, 0.05) is 25.2 Å². The van der Waals surface area contributed by atoms with E-state index in [1.165, 1.54) is 23.1 Å². The number of fused-ring (bicyclic) bond motifs is 1. The maximum Gasteiger partial charge on any atom is 0.0212 e. The lowest BCUT2D eigenvalue weighted by atomic mass is 9.81. The van der Waals surface area contributed by atoms with E-state index >= 15 is 0 Å². The van der Waals surface area contributed by atoms with Crippen LogP contribution in [0.25, 0.3) is 0 Å². The molecule has 0 atom stereocenters. The molecule has 1 aromatic rings. The summed E-state index contributed by atoms with van der Waals surface area (Å²) in [5, 5.41) is 7.10. The fraction of sp³-hybridized carbons (Fsp3) is 0.647. The van der Waals surface area contributed by atoms with Crippen LogP contribution in [0.1, 0.15) is 57.7 Å². The van der Waals surface area contributed by atoms with E-state index in [1.54, 1.807) is 0 Å². The second kappa shape index (κ2) is 5.26. The molecule has 2 heteroatoms. The molecule has 0 saturated heterocycles. The van der Waals surface area contributed by atoms with Gasteiger partial charge in [0.05, 0.1) is 0 Å². The van der Waals surface area contributed by atoms with E-state index in [4.69, 9.17) is 0 Å². The monoisotopic (exact) mass is 260 g/mol. The zero-order valence-corrected chi connectivity index (χ0v) is 13.1. The zero-order chi connectivity index (χ0) is 14.1. The normalized spacial score (nSPS) is 15.6. The summed E-state index contributed by atoms with van der Waals surface area (Å²) < 4.78 is 0. The van der Waals surface area contributed by atoms with Gasteiger partial charge in [-0.3, -0.25) is 0 Å². The average molecular weight is 260 g/mol. The highest BCUT2D eigenvalue weighted by molar-refractivity contribution is 5.34. The predicted molar refractivity (Wildman–Crippen MR) is 82.0 cm³/mol. The summed E-state index contributed by atoms with van der Waals surface area (Å²) in [7, 11) is 0. The molecule has 0 bridgehead atoms. The Morgan fingerprint density at radius 1 is 1.05 bits per heavy atom. The lowest BCUT2D eigenvalue weighted by molar-refractivity contribution is 0.240. The van der Waals surface area contributed by atoms with Gasteiger partial charge in [-0.25, -0.2) is 0 Å². The third-order valence-corrected chi connectivity index (χ3v) is 3.64. The van der Waals surface area contributed by atoms with Crippen molar-refractivity contribution in [3.8, 4) is 0 Å². The second-order valence-electron chi connectivity index (χ2n) is 7.68. The third-order valence-electron chi connectivity index (χ3n) is 3.64. The van der Waals surface area contributed by atoms with E-state index in [1.807, 2.05) is 0 Å². The molecule has 0 saturated carbocycles. The molecule has 2 N–H and O–H groups in total. The van der Waals surface area contributed by atoms with Gasteiger partial charge < -0.3 is 10.6 Å². The van der Waals surface area contributed by atoms with Gasteiger partial charge >= 0.3 is 0 Å². The van der Waals surface area contributed by atoms with E-state index in [-0.39, 0.29) is 5.54 Å². The first kappa shape index (κ1) is 14.5. The van der Waals surface area contributed by atoms with Gasteiger partial charge in [0.15, 0.2) is 0 Å². The van der Waals surface area contributed by atoms with Crippen molar-refractivity contribution in [1.82, 2.24) is 10.6 Å². The van der Waals surface area contributed by atoms with Crippen LogP contribution in [0, 0.1) is 5.41 Å². The molecule has 0 amide bonds. The van der Waals surface area contributed by atoms with Crippen LogP contribution in [0.3, 0.4) is 0 Å². The number of hydrogen-bond donors (Lipinski definition) is 2. The van der Waals surface area contributed by atoms with Crippen LogP contribution in [0.15, 0.2) is 18.2 Å². The molecule has 1 aliphatic heterocycles. The van der Waals surface area contributed by atoms with Crippen molar-refractivity contribution in [2.75, 3.05) is 0 Å². The van der Waals surface area contributed by atoms with Gasteiger partial charge in [0.1, 0.15) is 0 Å². The zero-order valence-electron chi connectivity index (χ0n) is 13.1. The maximum atomic E-state index is 3.70. The molecule has 106 valence electrons. The standard InChI is InChI=1S/C17H28N2/c1-16(2,3)12-17(4,5)19-9-13-6-7-14-10-18-11-15(14)8-13/h6-8,18-19H,9-12H2,1-5H3. The molecule has 2 nitrogen and oxygen atoms in total. The summed E-state index contributed by atoms with van der Waals surface area (Å²) in [5.41, 5.74) is 4.85. The molecule has 0 fully saturated rings. The van der Waals surface area contributed by atoms with Crippen LogP contribution in [0.5, 0.6) is 0 Å². The summed E-state index contributed by atoms with van der Waals surface area (Å²) in [6, 6.07) is 6.87. The Hall–Kier alpha value is -0.860. The molecule has 0 spiro atoms. The van der Waals surface area contributed by atoms with E-state index in [0.29, 0.717) is 5.41 Å². The minimum Gasteiger partial charge on any atom is -0.309 e. The Morgan fingerprint density at radius 2 is 1.74 bits per heavy atom. The lowest BCUT2D eigenvalue weighted by Gasteiger charge is -2.33. The Balaban J connectivity index is 1.95. The second-order valence-corrected chi connectivity index (χ2v) is 7.68. The van der Waals surface area contributed by atoms with Crippen LogP contribution in [-0.2, 0) is 19.6 Å². The van der Waals surface area contributed by atoms with Gasteiger partial charge in [0.2, 0.25) is 0 Å². The summed E-state index contributed by atoms with van der Waals surface area (Å²) in [6.45, 7) is 14.5. The van der Waals surface area contributed by atoms with Crippen molar-refractivity contribution in [3.05, 3.63) is 34.9 Å². The van der Waals surface area contributed by atoms with E-state index < -0.39 is 0 Å². The number of benzene rings is 1. The molecule has 0 aromatic heterocycles. The molecule has 19 heavy (non-hydrogen) atoms. The van der Waals surface area contributed by atoms with Crippen molar-refractivity contribution in [1.29, 1.82) is 0 Å².